The molecule has 0 spiro atoms. The van der Waals surface area contributed by atoms with Crippen LogP contribution in [0.15, 0.2) is 36.9 Å². The fourth-order valence-electron chi connectivity index (χ4n) is 1.41. The van der Waals surface area contributed by atoms with E-state index in [-0.39, 0.29) is 32.0 Å². The van der Waals surface area contributed by atoms with E-state index in [0.29, 0.717) is 0 Å². The van der Waals surface area contributed by atoms with Gasteiger partial charge in [0, 0.05) is 6.42 Å². The number of aliphatic hydroxyl groups excluding tert-OH is 1. The monoisotopic (exact) mass is 263 g/mol. The van der Waals surface area contributed by atoms with E-state index >= 15 is 0 Å². The van der Waals surface area contributed by atoms with E-state index in [9.17, 15) is 9.59 Å². The van der Waals surface area contributed by atoms with Gasteiger partial charge in [0.2, 0.25) is 0 Å². The number of ketones is 1. The molecule has 0 heterocycles. The molecule has 0 radical (unpaired) electrons. The van der Waals surface area contributed by atoms with Crippen molar-refractivity contribution >= 4 is 11.9 Å². The summed E-state index contributed by atoms with van der Waals surface area (Å²) in [5.41, 5.74) is 1.63. The Labute approximate surface area is 111 Å². The molecule has 102 valence electrons. The van der Waals surface area contributed by atoms with Crippen molar-refractivity contribution in [1.82, 2.24) is 5.32 Å². The predicted octanol–water partition coefficient (Wildman–Crippen LogP) is 1.20. The van der Waals surface area contributed by atoms with E-state index in [2.05, 4.69) is 16.6 Å². The zero-order valence-electron chi connectivity index (χ0n) is 10.6. The second kappa shape index (κ2) is 8.05. The van der Waals surface area contributed by atoms with E-state index in [1.54, 1.807) is 24.3 Å². The molecule has 0 aromatic heterocycles. The maximum Gasteiger partial charge on any atom is 0.407 e. The number of carbonyl (C=O) groups is 2. The van der Waals surface area contributed by atoms with Gasteiger partial charge in [-0.1, -0.05) is 36.9 Å². The highest BCUT2D eigenvalue weighted by Gasteiger charge is 2.07. The van der Waals surface area contributed by atoms with Crippen molar-refractivity contribution in [3.63, 3.8) is 0 Å². The molecule has 0 aliphatic rings. The van der Waals surface area contributed by atoms with Crippen LogP contribution < -0.4 is 5.32 Å². The number of rotatable bonds is 7. The van der Waals surface area contributed by atoms with Gasteiger partial charge in [-0.2, -0.15) is 0 Å². The highest BCUT2D eigenvalue weighted by molar-refractivity contribution is 5.85. The van der Waals surface area contributed by atoms with Crippen LogP contribution in [-0.4, -0.2) is 30.1 Å². The van der Waals surface area contributed by atoms with Crippen LogP contribution in [0.5, 0.6) is 0 Å². The first-order valence-electron chi connectivity index (χ1n) is 5.87. The van der Waals surface area contributed by atoms with Crippen LogP contribution in [0.1, 0.15) is 11.1 Å². The van der Waals surface area contributed by atoms with Crippen LogP contribution >= 0.6 is 0 Å². The molecule has 0 saturated carbocycles. The Morgan fingerprint density at radius 2 is 1.89 bits per heavy atom. The number of benzene rings is 1. The van der Waals surface area contributed by atoms with Crippen molar-refractivity contribution in [1.29, 1.82) is 0 Å². The largest absolute Gasteiger partial charge is 0.445 e. The van der Waals surface area contributed by atoms with Crippen molar-refractivity contribution in [2.45, 2.75) is 13.0 Å². The third-order valence-electron chi connectivity index (χ3n) is 2.37. The molecule has 0 saturated heterocycles. The molecule has 0 atom stereocenters. The minimum atomic E-state index is -0.635. The standard InChI is InChI=1S/C14H17NO4/c1-2-7-19-14(18)15-9-13(17)8-11-3-5-12(10-16)6-4-11/h2-6,16H,1,7-10H2,(H,15,18). The Bertz CT molecular complexity index is 439. The number of Topliss-reactive ketones (excluding diaryl/α,β-unsaturated/α-hetero) is 1. The average molecular weight is 263 g/mol. The molecular formula is C14H17NO4. The van der Waals surface area contributed by atoms with E-state index in [1.807, 2.05) is 0 Å². The third-order valence-corrected chi connectivity index (χ3v) is 2.37. The first-order chi connectivity index (χ1) is 9.15. The van der Waals surface area contributed by atoms with Crippen LogP contribution in [-0.2, 0) is 22.6 Å². The van der Waals surface area contributed by atoms with Crippen LogP contribution in [0, 0.1) is 0 Å². The second-order valence-electron chi connectivity index (χ2n) is 3.93. The molecular weight excluding hydrogens is 246 g/mol. The molecule has 0 bridgehead atoms. The Hall–Kier alpha value is -2.14. The summed E-state index contributed by atoms with van der Waals surface area (Å²) in [4.78, 5) is 22.7. The molecule has 1 aromatic rings. The summed E-state index contributed by atoms with van der Waals surface area (Å²) in [6, 6.07) is 7.07. The van der Waals surface area contributed by atoms with Crippen LogP contribution in [0.4, 0.5) is 4.79 Å². The zero-order chi connectivity index (χ0) is 14.1. The number of alkyl carbamates (subject to hydrolysis) is 1. The lowest BCUT2D eigenvalue weighted by Gasteiger charge is -2.05. The number of hydrogen-bond acceptors (Lipinski definition) is 4. The number of aliphatic hydroxyl groups is 1. The predicted molar refractivity (Wildman–Crippen MR) is 70.6 cm³/mol. The van der Waals surface area contributed by atoms with E-state index in [0.717, 1.165) is 11.1 Å². The van der Waals surface area contributed by atoms with Crippen molar-refractivity contribution in [3.05, 3.63) is 48.0 Å². The number of nitrogens with one attached hydrogen (secondary N) is 1. The molecule has 0 aliphatic heterocycles. The molecule has 1 aromatic carbocycles. The van der Waals surface area contributed by atoms with E-state index in [1.165, 1.54) is 6.08 Å². The number of ether oxygens (including phenoxy) is 1. The summed E-state index contributed by atoms with van der Waals surface area (Å²) in [7, 11) is 0. The summed E-state index contributed by atoms with van der Waals surface area (Å²) < 4.78 is 4.67. The van der Waals surface area contributed by atoms with Gasteiger partial charge in [-0.3, -0.25) is 4.79 Å². The quantitative estimate of drug-likeness (QED) is 0.725. The van der Waals surface area contributed by atoms with Gasteiger partial charge in [-0.05, 0) is 11.1 Å². The summed E-state index contributed by atoms with van der Waals surface area (Å²) in [5, 5.41) is 11.3. The first kappa shape index (κ1) is 14.9. The molecule has 2 N–H and O–H groups in total. The lowest BCUT2D eigenvalue weighted by molar-refractivity contribution is -0.117. The van der Waals surface area contributed by atoms with Crippen LogP contribution in [0.2, 0.25) is 0 Å². The Morgan fingerprint density at radius 3 is 2.47 bits per heavy atom. The van der Waals surface area contributed by atoms with Gasteiger partial charge in [-0.15, -0.1) is 0 Å². The van der Waals surface area contributed by atoms with Gasteiger partial charge in [-0.25, -0.2) is 4.79 Å². The molecule has 0 fully saturated rings. The zero-order valence-corrected chi connectivity index (χ0v) is 10.6. The summed E-state index contributed by atoms with van der Waals surface area (Å²) in [6.45, 7) is 3.43. The Kier molecular flexibility index (Phi) is 6.32. The Balaban J connectivity index is 2.34. The maximum absolute atomic E-state index is 11.6. The fraction of sp³-hybridized carbons (Fsp3) is 0.286. The van der Waals surface area contributed by atoms with Crippen LogP contribution in [0.25, 0.3) is 0 Å². The smallest absolute Gasteiger partial charge is 0.407 e. The van der Waals surface area contributed by atoms with Gasteiger partial charge in [0.05, 0.1) is 13.2 Å². The third kappa shape index (κ3) is 5.83. The molecule has 0 unspecified atom stereocenters. The minimum absolute atomic E-state index is 0.0229. The van der Waals surface area contributed by atoms with E-state index in [4.69, 9.17) is 5.11 Å². The van der Waals surface area contributed by atoms with Crippen molar-refractivity contribution < 1.29 is 19.4 Å². The van der Waals surface area contributed by atoms with Gasteiger partial charge in [0.25, 0.3) is 0 Å². The molecule has 0 aliphatic carbocycles. The van der Waals surface area contributed by atoms with Crippen molar-refractivity contribution in [2.75, 3.05) is 13.2 Å². The molecule has 5 heteroatoms. The molecule has 5 nitrogen and oxygen atoms in total. The lowest BCUT2D eigenvalue weighted by Crippen LogP contribution is -2.30. The highest BCUT2D eigenvalue weighted by atomic mass is 16.5. The first-order valence-corrected chi connectivity index (χ1v) is 5.87. The number of hydrogen-bond donors (Lipinski definition) is 2. The van der Waals surface area contributed by atoms with Crippen molar-refractivity contribution in [3.8, 4) is 0 Å². The van der Waals surface area contributed by atoms with Gasteiger partial charge in [0.1, 0.15) is 6.61 Å². The topological polar surface area (TPSA) is 75.6 Å². The number of carbonyl (C=O) groups excluding carboxylic acids is 2. The summed E-state index contributed by atoms with van der Waals surface area (Å²) in [6.07, 6.45) is 1.04. The van der Waals surface area contributed by atoms with Gasteiger partial charge >= 0.3 is 6.09 Å². The highest BCUT2D eigenvalue weighted by Crippen LogP contribution is 2.05. The van der Waals surface area contributed by atoms with Crippen molar-refractivity contribution in [2.24, 2.45) is 0 Å². The molecule has 1 rings (SSSR count). The fourth-order valence-corrected chi connectivity index (χ4v) is 1.41. The van der Waals surface area contributed by atoms with Crippen LogP contribution in [0.3, 0.4) is 0 Å². The SMILES string of the molecule is C=CCOC(=O)NCC(=O)Cc1ccc(CO)cc1. The maximum atomic E-state index is 11.6. The van der Waals surface area contributed by atoms with E-state index < -0.39 is 6.09 Å². The summed E-state index contributed by atoms with van der Waals surface area (Å²) >= 11 is 0. The minimum Gasteiger partial charge on any atom is -0.445 e. The lowest BCUT2D eigenvalue weighted by atomic mass is 10.1. The second-order valence-corrected chi connectivity index (χ2v) is 3.93. The average Bonchev–Trinajstić information content (AvgIpc) is 2.43. The normalized spacial score (nSPS) is 9.74. The summed E-state index contributed by atoms with van der Waals surface area (Å²) in [5.74, 6) is -0.118. The number of amides is 1. The van der Waals surface area contributed by atoms with Gasteiger partial charge in [0.15, 0.2) is 5.78 Å². The molecule has 19 heavy (non-hydrogen) atoms. The van der Waals surface area contributed by atoms with Gasteiger partial charge < -0.3 is 15.2 Å². The Morgan fingerprint density at radius 1 is 1.26 bits per heavy atom. The molecule has 1 amide bonds.